The third kappa shape index (κ3) is 3.93. The summed E-state index contributed by atoms with van der Waals surface area (Å²) in [7, 11) is 0. The Hall–Kier alpha value is -3.41. The van der Waals surface area contributed by atoms with E-state index in [1.165, 1.54) is 24.3 Å². The molecule has 2 aromatic rings. The molecule has 4 aliphatic rings. The van der Waals surface area contributed by atoms with Gasteiger partial charge in [-0.2, -0.15) is 0 Å². The average molecular weight is 692 g/mol. The molecule has 4 amide bonds. The number of phenols is 1. The van der Waals surface area contributed by atoms with E-state index in [0.29, 0.717) is 5.57 Å². The molecule has 0 radical (unpaired) electrons. The summed E-state index contributed by atoms with van der Waals surface area (Å²) in [6.07, 6.45) is 1.65. The number of carboxylic acids is 1. The summed E-state index contributed by atoms with van der Waals surface area (Å²) in [4.78, 5) is 64.8. The van der Waals surface area contributed by atoms with E-state index in [2.05, 4.69) is 15.9 Å². The van der Waals surface area contributed by atoms with Gasteiger partial charge in [-0.15, -0.1) is 23.2 Å². The van der Waals surface area contributed by atoms with Crippen LogP contribution in [0.15, 0.2) is 54.1 Å². The molecule has 0 unspecified atom stereocenters. The summed E-state index contributed by atoms with van der Waals surface area (Å²) >= 11 is 17.6. The number of hydrogen-bond acceptors (Lipinski definition) is 7. The van der Waals surface area contributed by atoms with Crippen molar-refractivity contribution < 1.29 is 38.9 Å². The highest BCUT2D eigenvalue weighted by Gasteiger charge is 2.76. The topological polar surface area (TPSA) is 142 Å². The Kier molecular flexibility index (Phi) is 7.14. The third-order valence-corrected chi connectivity index (χ3v) is 10.9. The van der Waals surface area contributed by atoms with Crippen LogP contribution in [0.5, 0.6) is 11.5 Å². The molecule has 13 heteroatoms. The Morgan fingerprint density at radius 2 is 1.79 bits per heavy atom. The molecule has 1 saturated carbocycles. The van der Waals surface area contributed by atoms with Gasteiger partial charge in [0.2, 0.25) is 11.8 Å². The lowest BCUT2D eigenvalue weighted by Gasteiger charge is -2.50. The summed E-state index contributed by atoms with van der Waals surface area (Å²) in [5, 5.41) is 20.8. The van der Waals surface area contributed by atoms with E-state index in [9.17, 15) is 34.2 Å². The quantitative estimate of drug-likeness (QED) is 0.197. The van der Waals surface area contributed by atoms with E-state index in [1.807, 2.05) is 0 Å². The van der Waals surface area contributed by atoms with Crippen LogP contribution in [0.25, 0.3) is 0 Å². The number of anilines is 1. The van der Waals surface area contributed by atoms with Crippen molar-refractivity contribution in [3.63, 3.8) is 0 Å². The predicted octanol–water partition coefficient (Wildman–Crippen LogP) is 4.40. The third-order valence-electron chi connectivity index (χ3n) is 9.01. The number of fused-ring (bicyclic) bond motifs is 4. The van der Waals surface area contributed by atoms with Crippen LogP contribution in [0.3, 0.4) is 0 Å². The Balaban J connectivity index is 1.52. The van der Waals surface area contributed by atoms with Crippen molar-refractivity contribution in [2.24, 2.45) is 17.8 Å². The number of ether oxygens (including phenoxy) is 1. The first-order valence-electron chi connectivity index (χ1n) is 13.6. The number of carbonyl (C=O) groups excluding carboxylic acids is 4. The van der Waals surface area contributed by atoms with E-state index in [1.54, 1.807) is 31.2 Å². The first kappa shape index (κ1) is 29.7. The maximum absolute atomic E-state index is 14.1. The number of amides is 4. The molecular weight excluding hydrogens is 667 g/mol. The van der Waals surface area contributed by atoms with Crippen LogP contribution in [-0.2, 0) is 19.2 Å². The molecule has 2 aromatic carbocycles. The number of phenolic OH excluding ortho intramolecular Hbond substituents is 1. The minimum atomic E-state index is -2.07. The zero-order valence-corrected chi connectivity index (χ0v) is 25.7. The average Bonchev–Trinajstić information content (AvgIpc) is 3.32. The fourth-order valence-corrected chi connectivity index (χ4v) is 8.59. The molecule has 6 rings (SSSR count). The number of halogens is 3. The van der Waals surface area contributed by atoms with Crippen LogP contribution in [0.2, 0.25) is 0 Å². The van der Waals surface area contributed by atoms with Crippen molar-refractivity contribution in [2.45, 2.75) is 35.4 Å². The van der Waals surface area contributed by atoms with Crippen LogP contribution >= 0.6 is 39.1 Å². The highest BCUT2D eigenvalue weighted by Crippen LogP contribution is 2.66. The van der Waals surface area contributed by atoms with Crippen molar-refractivity contribution in [3.8, 4) is 11.5 Å². The molecule has 3 fully saturated rings. The molecule has 0 bridgehead atoms. The van der Waals surface area contributed by atoms with Gasteiger partial charge >= 0.3 is 5.97 Å². The van der Waals surface area contributed by atoms with Crippen LogP contribution in [-0.4, -0.2) is 66.5 Å². The number of alkyl halides is 3. The standard InChI is InChI=1S/C30H25BrCl2N2O8/c1-2-43-20-8-4-7-18(23(20)36)22-16-9-10-17-21(19(16)12-29(32)27(41)34(13-31)28(42)30(22,29)33)25(38)35(24(17)37)15-6-3-5-14(11-15)26(39)40/h3-9,11,17,19,21-22,36H,2,10,12-13H2,1H3,(H,39,40)/t17-,19+,21-,22+,29+,30-/m0/s1. The number of likely N-dealkylation sites (tertiary alicyclic amines) is 1. The smallest absolute Gasteiger partial charge is 0.335 e. The first-order valence-corrected chi connectivity index (χ1v) is 15.5. The zero-order chi connectivity index (χ0) is 31.0. The van der Waals surface area contributed by atoms with Gasteiger partial charge in [-0.1, -0.05) is 45.8 Å². The monoisotopic (exact) mass is 690 g/mol. The maximum atomic E-state index is 14.1. The van der Waals surface area contributed by atoms with Gasteiger partial charge < -0.3 is 14.9 Å². The lowest BCUT2D eigenvalue weighted by Crippen LogP contribution is -2.60. The second kappa shape index (κ2) is 10.3. The number of para-hydroxylation sites is 1. The van der Waals surface area contributed by atoms with Gasteiger partial charge in [-0.05, 0) is 49.9 Å². The number of aromatic hydroxyl groups is 1. The highest BCUT2D eigenvalue weighted by molar-refractivity contribution is 9.09. The number of aromatic carboxylic acids is 1. The number of benzene rings is 2. The summed E-state index contributed by atoms with van der Waals surface area (Å²) in [6.45, 7) is 1.99. The van der Waals surface area contributed by atoms with E-state index in [0.717, 1.165) is 9.80 Å². The van der Waals surface area contributed by atoms with Gasteiger partial charge in [0.15, 0.2) is 21.2 Å². The van der Waals surface area contributed by atoms with Gasteiger partial charge in [0, 0.05) is 11.5 Å². The van der Waals surface area contributed by atoms with Gasteiger partial charge in [0.25, 0.3) is 11.8 Å². The molecule has 0 spiro atoms. The summed E-state index contributed by atoms with van der Waals surface area (Å²) in [6, 6.07) is 10.3. The highest BCUT2D eigenvalue weighted by atomic mass is 79.9. The molecule has 2 N–H and O–H groups in total. The molecule has 2 heterocycles. The Labute approximate surface area is 264 Å². The lowest BCUT2D eigenvalue weighted by molar-refractivity contribution is -0.138. The van der Waals surface area contributed by atoms with Gasteiger partial charge in [-0.3, -0.25) is 29.0 Å². The molecule has 2 aliphatic heterocycles. The molecule has 224 valence electrons. The van der Waals surface area contributed by atoms with E-state index < -0.39 is 63.0 Å². The fraction of sp³-hybridized carbons (Fsp3) is 0.367. The maximum Gasteiger partial charge on any atom is 0.335 e. The van der Waals surface area contributed by atoms with E-state index in [-0.39, 0.29) is 53.2 Å². The largest absolute Gasteiger partial charge is 0.504 e. The second-order valence-electron chi connectivity index (χ2n) is 11.0. The molecule has 10 nitrogen and oxygen atoms in total. The minimum absolute atomic E-state index is 0.0919. The molecule has 2 aliphatic carbocycles. The van der Waals surface area contributed by atoms with Gasteiger partial charge in [-0.25, -0.2) is 4.79 Å². The minimum Gasteiger partial charge on any atom is -0.504 e. The van der Waals surface area contributed by atoms with Gasteiger partial charge in [0.05, 0.1) is 35.1 Å². The number of allylic oxidation sites excluding steroid dienone is 2. The molecular formula is C30H25BrCl2N2O8. The Morgan fingerprint density at radius 1 is 1.07 bits per heavy atom. The summed E-state index contributed by atoms with van der Waals surface area (Å²) in [5.74, 6) is -7.68. The number of rotatable bonds is 6. The van der Waals surface area contributed by atoms with Crippen LogP contribution in [0.4, 0.5) is 5.69 Å². The Morgan fingerprint density at radius 3 is 2.47 bits per heavy atom. The second-order valence-corrected chi connectivity index (χ2v) is 12.7. The van der Waals surface area contributed by atoms with E-state index in [4.69, 9.17) is 27.9 Å². The van der Waals surface area contributed by atoms with Crippen molar-refractivity contribution in [1.29, 1.82) is 0 Å². The van der Waals surface area contributed by atoms with Crippen LogP contribution in [0.1, 0.15) is 41.6 Å². The summed E-state index contributed by atoms with van der Waals surface area (Å²) < 4.78 is 5.59. The molecule has 0 aromatic heterocycles. The molecule has 2 saturated heterocycles. The molecule has 6 atom stereocenters. The number of nitrogens with zero attached hydrogens (tertiary/aromatic N) is 2. The SMILES string of the molecule is CCOc1cccc([C@H]2C3=CC[C@@H]4C(=O)N(c5cccc(C(=O)O)c5)C(=O)[C@@H]4[C@@H]3C[C@@]3(Cl)C(=O)N(CBr)C(=O)[C@@]23Cl)c1O. The zero-order valence-electron chi connectivity index (χ0n) is 22.6. The normalized spacial score (nSPS) is 31.5. The number of imide groups is 2. The predicted molar refractivity (Wildman–Crippen MR) is 159 cm³/mol. The summed E-state index contributed by atoms with van der Waals surface area (Å²) in [5.41, 5.74) is 0.555. The number of hydrogen-bond donors (Lipinski definition) is 2. The first-order chi connectivity index (χ1) is 20.4. The molecule has 43 heavy (non-hydrogen) atoms. The van der Waals surface area contributed by atoms with Crippen molar-refractivity contribution in [2.75, 3.05) is 17.0 Å². The van der Waals surface area contributed by atoms with Gasteiger partial charge in [0.1, 0.15) is 0 Å². The number of carbonyl (C=O) groups is 5. The van der Waals surface area contributed by atoms with Crippen LogP contribution in [0, 0.1) is 17.8 Å². The number of carboxylic acid groups (broad SMARTS) is 1. The fourth-order valence-electron chi connectivity index (χ4n) is 7.18. The van der Waals surface area contributed by atoms with Crippen molar-refractivity contribution in [3.05, 3.63) is 65.2 Å². The Bertz CT molecular complexity index is 1650. The van der Waals surface area contributed by atoms with Crippen molar-refractivity contribution in [1.82, 2.24) is 4.90 Å². The van der Waals surface area contributed by atoms with Crippen molar-refractivity contribution >= 4 is 74.4 Å². The van der Waals surface area contributed by atoms with Crippen LogP contribution < -0.4 is 9.64 Å². The van der Waals surface area contributed by atoms with E-state index >= 15 is 0 Å². The lowest BCUT2D eigenvalue weighted by atomic mass is 9.56.